The van der Waals surface area contributed by atoms with Crippen molar-refractivity contribution in [2.24, 2.45) is 0 Å². The molecule has 0 radical (unpaired) electrons. The van der Waals surface area contributed by atoms with E-state index in [1.54, 1.807) is 36.4 Å². The van der Waals surface area contributed by atoms with E-state index in [-0.39, 0.29) is 42.4 Å². The SMILES string of the molecule is CC(=O)N1CC(=O)[C@@H]2[C@H]1CCN2C(=O)[C@H](Cc1ccc(O)cc1)NC(=O)c1cccc(Br)c1. The van der Waals surface area contributed by atoms with Crippen LogP contribution in [-0.2, 0) is 20.8 Å². The highest BCUT2D eigenvalue weighted by atomic mass is 79.9. The molecule has 2 heterocycles. The smallest absolute Gasteiger partial charge is 0.251 e. The van der Waals surface area contributed by atoms with E-state index < -0.39 is 18.0 Å². The Kier molecular flexibility index (Phi) is 6.51. The predicted molar refractivity (Wildman–Crippen MR) is 124 cm³/mol. The van der Waals surface area contributed by atoms with Gasteiger partial charge in [0.15, 0.2) is 5.78 Å². The van der Waals surface area contributed by atoms with Crippen molar-refractivity contribution in [2.45, 2.75) is 37.9 Å². The van der Waals surface area contributed by atoms with Crippen LogP contribution in [0, 0.1) is 0 Å². The lowest BCUT2D eigenvalue weighted by Crippen LogP contribution is -2.53. The molecule has 0 aromatic heterocycles. The summed E-state index contributed by atoms with van der Waals surface area (Å²) in [5.74, 6) is -1.02. The Morgan fingerprint density at radius 1 is 1.15 bits per heavy atom. The second kappa shape index (κ2) is 9.35. The topological polar surface area (TPSA) is 107 Å². The summed E-state index contributed by atoms with van der Waals surface area (Å²) >= 11 is 3.35. The van der Waals surface area contributed by atoms with Gasteiger partial charge in [0.25, 0.3) is 5.91 Å². The number of carbonyl (C=O) groups excluding carboxylic acids is 4. The lowest BCUT2D eigenvalue weighted by Gasteiger charge is -2.28. The van der Waals surface area contributed by atoms with Crippen LogP contribution in [0.3, 0.4) is 0 Å². The van der Waals surface area contributed by atoms with Gasteiger partial charge in [0.2, 0.25) is 11.8 Å². The third-order valence-electron chi connectivity index (χ3n) is 6.18. The molecule has 9 heteroatoms. The van der Waals surface area contributed by atoms with Crippen LogP contribution in [0.1, 0.15) is 29.3 Å². The molecule has 2 saturated heterocycles. The number of hydrogen-bond acceptors (Lipinski definition) is 5. The van der Waals surface area contributed by atoms with Gasteiger partial charge in [-0.2, -0.15) is 0 Å². The second-order valence-electron chi connectivity index (χ2n) is 8.35. The maximum absolute atomic E-state index is 13.6. The summed E-state index contributed by atoms with van der Waals surface area (Å²) in [6, 6.07) is 11.3. The van der Waals surface area contributed by atoms with Crippen molar-refractivity contribution in [1.29, 1.82) is 0 Å². The molecule has 8 nitrogen and oxygen atoms in total. The van der Waals surface area contributed by atoms with Gasteiger partial charge in [-0.3, -0.25) is 19.2 Å². The van der Waals surface area contributed by atoms with Crippen molar-refractivity contribution in [1.82, 2.24) is 15.1 Å². The first-order chi connectivity index (χ1) is 15.7. The van der Waals surface area contributed by atoms with Crippen molar-refractivity contribution in [3.63, 3.8) is 0 Å². The number of Topliss-reactive ketones (excluding diaryl/α,β-unsaturated/α-hetero) is 1. The maximum Gasteiger partial charge on any atom is 0.251 e. The van der Waals surface area contributed by atoms with Crippen LogP contribution in [0.5, 0.6) is 5.75 Å². The van der Waals surface area contributed by atoms with E-state index in [0.717, 1.165) is 10.0 Å². The summed E-state index contributed by atoms with van der Waals surface area (Å²) in [7, 11) is 0. The Morgan fingerprint density at radius 2 is 1.88 bits per heavy atom. The highest BCUT2D eigenvalue weighted by Crippen LogP contribution is 2.30. The van der Waals surface area contributed by atoms with E-state index in [9.17, 15) is 24.3 Å². The van der Waals surface area contributed by atoms with Crippen LogP contribution in [-0.4, -0.2) is 69.6 Å². The molecule has 0 spiro atoms. The Labute approximate surface area is 199 Å². The average Bonchev–Trinajstić information content (AvgIpc) is 3.35. The fourth-order valence-corrected chi connectivity index (χ4v) is 5.00. The molecule has 3 amide bonds. The van der Waals surface area contributed by atoms with E-state index >= 15 is 0 Å². The Hall–Kier alpha value is -3.20. The van der Waals surface area contributed by atoms with Gasteiger partial charge in [0.1, 0.15) is 17.8 Å². The summed E-state index contributed by atoms with van der Waals surface area (Å²) in [5.41, 5.74) is 1.14. The molecule has 33 heavy (non-hydrogen) atoms. The monoisotopic (exact) mass is 513 g/mol. The van der Waals surface area contributed by atoms with Crippen LogP contribution in [0.2, 0.25) is 0 Å². The van der Waals surface area contributed by atoms with Crippen molar-refractivity contribution in [2.75, 3.05) is 13.1 Å². The van der Waals surface area contributed by atoms with E-state index in [2.05, 4.69) is 21.2 Å². The minimum Gasteiger partial charge on any atom is -0.508 e. The van der Waals surface area contributed by atoms with Gasteiger partial charge in [-0.15, -0.1) is 0 Å². The third kappa shape index (κ3) is 4.78. The molecule has 172 valence electrons. The fourth-order valence-electron chi connectivity index (χ4n) is 4.60. The number of ketones is 1. The van der Waals surface area contributed by atoms with Gasteiger partial charge in [-0.25, -0.2) is 0 Å². The van der Waals surface area contributed by atoms with Crippen LogP contribution in [0.4, 0.5) is 0 Å². The average molecular weight is 514 g/mol. The Balaban J connectivity index is 1.59. The molecular formula is C24H24BrN3O5. The number of amides is 3. The highest BCUT2D eigenvalue weighted by molar-refractivity contribution is 9.10. The zero-order chi connectivity index (χ0) is 23.7. The number of phenolic OH excluding ortho intramolecular Hbond substituents is 1. The standard InChI is InChI=1S/C24H24BrN3O5/c1-14(29)28-13-21(31)22-20(28)9-10-27(22)24(33)19(11-15-5-7-18(30)8-6-15)26-23(32)16-3-2-4-17(25)12-16/h2-8,12,19-20,22,30H,9-11,13H2,1H3,(H,26,32)/t19-,20+,22-/m0/s1. The van der Waals surface area contributed by atoms with Gasteiger partial charge in [-0.1, -0.05) is 34.1 Å². The lowest BCUT2D eigenvalue weighted by atomic mass is 10.0. The second-order valence-corrected chi connectivity index (χ2v) is 9.27. The number of likely N-dealkylation sites (tertiary alicyclic amines) is 2. The number of aromatic hydroxyl groups is 1. The van der Waals surface area contributed by atoms with Gasteiger partial charge in [-0.05, 0) is 42.3 Å². The molecular weight excluding hydrogens is 490 g/mol. The number of nitrogens with zero attached hydrogens (tertiary/aromatic N) is 2. The number of rotatable bonds is 5. The highest BCUT2D eigenvalue weighted by Gasteiger charge is 2.51. The molecule has 2 fully saturated rings. The van der Waals surface area contributed by atoms with Gasteiger partial charge in [0, 0.05) is 29.9 Å². The maximum atomic E-state index is 13.6. The minimum absolute atomic E-state index is 0.00147. The van der Waals surface area contributed by atoms with Crippen molar-refractivity contribution >= 4 is 39.4 Å². The van der Waals surface area contributed by atoms with E-state index in [4.69, 9.17) is 0 Å². The molecule has 2 N–H and O–H groups in total. The largest absolute Gasteiger partial charge is 0.508 e. The molecule has 2 aromatic carbocycles. The Morgan fingerprint density at radius 3 is 2.55 bits per heavy atom. The summed E-state index contributed by atoms with van der Waals surface area (Å²) in [5, 5.41) is 12.4. The minimum atomic E-state index is -0.918. The van der Waals surface area contributed by atoms with Crippen LogP contribution < -0.4 is 5.32 Å². The predicted octanol–water partition coefficient (Wildman–Crippen LogP) is 1.90. The first-order valence-electron chi connectivity index (χ1n) is 10.7. The van der Waals surface area contributed by atoms with Crippen LogP contribution in [0.15, 0.2) is 53.0 Å². The summed E-state index contributed by atoms with van der Waals surface area (Å²) in [6.45, 7) is 1.76. The van der Waals surface area contributed by atoms with Crippen LogP contribution in [0.25, 0.3) is 0 Å². The van der Waals surface area contributed by atoms with E-state index in [1.807, 2.05) is 0 Å². The molecule has 0 aliphatic carbocycles. The quantitative estimate of drug-likeness (QED) is 0.634. The molecule has 2 aromatic rings. The molecule has 2 aliphatic heterocycles. The number of benzene rings is 2. The summed E-state index contributed by atoms with van der Waals surface area (Å²) in [4.78, 5) is 54.2. The van der Waals surface area contributed by atoms with Crippen LogP contribution >= 0.6 is 15.9 Å². The molecule has 2 aliphatic rings. The van der Waals surface area contributed by atoms with Gasteiger partial charge in [0.05, 0.1) is 12.6 Å². The van der Waals surface area contributed by atoms with E-state index in [0.29, 0.717) is 18.5 Å². The zero-order valence-corrected chi connectivity index (χ0v) is 19.6. The molecule has 4 rings (SSSR count). The number of hydrogen-bond donors (Lipinski definition) is 2. The number of halogens is 1. The van der Waals surface area contributed by atoms with Crippen molar-refractivity contribution in [3.8, 4) is 5.75 Å². The summed E-state index contributed by atoms with van der Waals surface area (Å²) < 4.78 is 0.736. The van der Waals surface area contributed by atoms with Gasteiger partial charge < -0.3 is 20.2 Å². The van der Waals surface area contributed by atoms with Crippen molar-refractivity contribution in [3.05, 3.63) is 64.1 Å². The summed E-state index contributed by atoms with van der Waals surface area (Å²) in [6.07, 6.45) is 0.713. The normalized spacial score (nSPS) is 20.5. The zero-order valence-electron chi connectivity index (χ0n) is 18.0. The Bertz CT molecular complexity index is 1100. The number of carbonyl (C=O) groups is 4. The molecule has 0 unspecified atom stereocenters. The number of fused-ring (bicyclic) bond motifs is 1. The lowest BCUT2D eigenvalue weighted by molar-refractivity contribution is -0.138. The van der Waals surface area contributed by atoms with Crippen molar-refractivity contribution < 1.29 is 24.3 Å². The van der Waals surface area contributed by atoms with E-state index in [1.165, 1.54) is 28.9 Å². The number of nitrogens with one attached hydrogen (secondary N) is 1. The molecule has 3 atom stereocenters. The first-order valence-corrected chi connectivity index (χ1v) is 11.5. The molecule has 0 bridgehead atoms. The molecule has 0 saturated carbocycles. The first kappa shape index (κ1) is 23.0. The number of phenols is 1. The van der Waals surface area contributed by atoms with Gasteiger partial charge >= 0.3 is 0 Å². The fraction of sp³-hybridized carbons (Fsp3) is 0.333. The third-order valence-corrected chi connectivity index (χ3v) is 6.67.